The number of amides is 1. The van der Waals surface area contributed by atoms with Gasteiger partial charge in [-0.25, -0.2) is 0 Å². The van der Waals surface area contributed by atoms with Gasteiger partial charge >= 0.3 is 0 Å². The molecular weight excluding hydrogens is 228 g/mol. The van der Waals surface area contributed by atoms with Crippen LogP contribution in [0.15, 0.2) is 0 Å². The quantitative estimate of drug-likeness (QED) is 0.707. The highest BCUT2D eigenvalue weighted by atomic mass is 16.3. The molecular formula is C14H26N2O2. The lowest BCUT2D eigenvalue weighted by Crippen LogP contribution is -2.43. The summed E-state index contributed by atoms with van der Waals surface area (Å²) >= 11 is 0. The Labute approximate surface area is 109 Å². The van der Waals surface area contributed by atoms with Gasteiger partial charge in [0, 0.05) is 24.6 Å². The van der Waals surface area contributed by atoms with Crippen LogP contribution in [-0.2, 0) is 4.79 Å². The summed E-state index contributed by atoms with van der Waals surface area (Å²) in [5, 5.41) is 12.3. The molecule has 2 fully saturated rings. The van der Waals surface area contributed by atoms with Crippen LogP contribution in [0.3, 0.4) is 0 Å². The molecule has 0 aliphatic heterocycles. The van der Waals surface area contributed by atoms with Crippen LogP contribution in [0.1, 0.15) is 51.4 Å². The Morgan fingerprint density at radius 3 is 2.22 bits per heavy atom. The average molecular weight is 254 g/mol. The minimum Gasteiger partial charge on any atom is -0.396 e. The fourth-order valence-corrected chi connectivity index (χ4v) is 3.19. The van der Waals surface area contributed by atoms with Crippen molar-refractivity contribution in [2.45, 2.75) is 63.5 Å². The van der Waals surface area contributed by atoms with Crippen LogP contribution in [0, 0.1) is 11.8 Å². The van der Waals surface area contributed by atoms with Crippen molar-refractivity contribution in [3.63, 3.8) is 0 Å². The summed E-state index contributed by atoms with van der Waals surface area (Å²) < 4.78 is 0. The number of carbonyl (C=O) groups excluding carboxylic acids is 1. The molecule has 0 atom stereocenters. The van der Waals surface area contributed by atoms with Crippen molar-refractivity contribution in [3.8, 4) is 0 Å². The predicted octanol–water partition coefficient (Wildman–Crippen LogP) is 1.17. The number of carbonyl (C=O) groups is 1. The Morgan fingerprint density at radius 1 is 1.06 bits per heavy atom. The van der Waals surface area contributed by atoms with Gasteiger partial charge in [0.05, 0.1) is 0 Å². The molecule has 0 radical (unpaired) electrons. The van der Waals surface area contributed by atoms with Crippen molar-refractivity contribution in [3.05, 3.63) is 0 Å². The standard InChI is InChI=1S/C14H26N2O2/c15-12-5-7-13(8-6-12)16-14(18)11-3-1-10(9-17)2-4-11/h10-13,17H,1-9,15H2,(H,16,18). The maximum absolute atomic E-state index is 12.1. The summed E-state index contributed by atoms with van der Waals surface area (Å²) in [6, 6.07) is 0.672. The van der Waals surface area contributed by atoms with E-state index in [0.29, 0.717) is 18.0 Å². The van der Waals surface area contributed by atoms with Gasteiger partial charge in [0.2, 0.25) is 5.91 Å². The number of rotatable bonds is 3. The highest BCUT2D eigenvalue weighted by Crippen LogP contribution is 2.29. The Balaban J connectivity index is 1.72. The zero-order chi connectivity index (χ0) is 13.0. The Kier molecular flexibility index (Phi) is 5.01. The highest BCUT2D eigenvalue weighted by molar-refractivity contribution is 5.79. The van der Waals surface area contributed by atoms with E-state index in [4.69, 9.17) is 10.8 Å². The number of nitrogens with two attached hydrogens (primary N) is 1. The monoisotopic (exact) mass is 254 g/mol. The summed E-state index contributed by atoms with van der Waals surface area (Å²) in [7, 11) is 0. The van der Waals surface area contributed by atoms with Crippen molar-refractivity contribution < 1.29 is 9.90 Å². The second kappa shape index (κ2) is 6.53. The first-order chi connectivity index (χ1) is 8.69. The van der Waals surface area contributed by atoms with Crippen LogP contribution >= 0.6 is 0 Å². The third-order valence-corrected chi connectivity index (χ3v) is 4.59. The first-order valence-corrected chi connectivity index (χ1v) is 7.36. The van der Waals surface area contributed by atoms with Gasteiger partial charge in [0.25, 0.3) is 0 Å². The van der Waals surface area contributed by atoms with Crippen molar-refractivity contribution >= 4 is 5.91 Å². The van der Waals surface area contributed by atoms with E-state index >= 15 is 0 Å². The van der Waals surface area contributed by atoms with Crippen LogP contribution in [0.25, 0.3) is 0 Å². The molecule has 4 nitrogen and oxygen atoms in total. The van der Waals surface area contributed by atoms with E-state index in [1.165, 1.54) is 0 Å². The molecule has 0 aromatic heterocycles. The lowest BCUT2D eigenvalue weighted by atomic mass is 9.81. The number of aliphatic hydroxyl groups is 1. The summed E-state index contributed by atoms with van der Waals surface area (Å²) in [5.74, 6) is 0.817. The number of hydrogen-bond acceptors (Lipinski definition) is 3. The highest BCUT2D eigenvalue weighted by Gasteiger charge is 2.28. The molecule has 104 valence electrons. The molecule has 2 rings (SSSR count). The SMILES string of the molecule is NC1CCC(NC(=O)C2CCC(CO)CC2)CC1. The molecule has 0 saturated heterocycles. The third kappa shape index (κ3) is 3.69. The fourth-order valence-electron chi connectivity index (χ4n) is 3.19. The summed E-state index contributed by atoms with van der Waals surface area (Å²) in [6.45, 7) is 0.273. The van der Waals surface area contributed by atoms with Gasteiger partial charge in [0.1, 0.15) is 0 Å². The van der Waals surface area contributed by atoms with E-state index in [9.17, 15) is 4.79 Å². The van der Waals surface area contributed by atoms with E-state index in [1.807, 2.05) is 0 Å². The van der Waals surface area contributed by atoms with E-state index < -0.39 is 0 Å². The van der Waals surface area contributed by atoms with Crippen molar-refractivity contribution in [2.75, 3.05) is 6.61 Å². The van der Waals surface area contributed by atoms with Crippen LogP contribution < -0.4 is 11.1 Å². The predicted molar refractivity (Wildman–Crippen MR) is 70.9 cm³/mol. The zero-order valence-electron chi connectivity index (χ0n) is 11.1. The van der Waals surface area contributed by atoms with Crippen LogP contribution in [0.2, 0.25) is 0 Å². The van der Waals surface area contributed by atoms with E-state index in [-0.39, 0.29) is 18.4 Å². The van der Waals surface area contributed by atoms with Crippen molar-refractivity contribution in [1.82, 2.24) is 5.32 Å². The molecule has 1 amide bonds. The lowest BCUT2D eigenvalue weighted by molar-refractivity contribution is -0.127. The summed E-state index contributed by atoms with van der Waals surface area (Å²) in [4.78, 5) is 12.1. The van der Waals surface area contributed by atoms with E-state index in [2.05, 4.69) is 5.32 Å². The topological polar surface area (TPSA) is 75.3 Å². The van der Waals surface area contributed by atoms with Gasteiger partial charge in [-0.1, -0.05) is 0 Å². The number of nitrogens with one attached hydrogen (secondary N) is 1. The van der Waals surface area contributed by atoms with Gasteiger partial charge in [-0.3, -0.25) is 4.79 Å². The number of hydrogen-bond donors (Lipinski definition) is 3. The maximum Gasteiger partial charge on any atom is 0.223 e. The molecule has 2 saturated carbocycles. The minimum absolute atomic E-state index is 0.170. The lowest BCUT2D eigenvalue weighted by Gasteiger charge is -2.31. The maximum atomic E-state index is 12.1. The van der Waals surface area contributed by atoms with Gasteiger partial charge in [-0.2, -0.15) is 0 Å². The smallest absolute Gasteiger partial charge is 0.223 e. The Bertz CT molecular complexity index is 267. The molecule has 0 bridgehead atoms. The largest absolute Gasteiger partial charge is 0.396 e. The van der Waals surface area contributed by atoms with Gasteiger partial charge < -0.3 is 16.2 Å². The zero-order valence-corrected chi connectivity index (χ0v) is 11.1. The Morgan fingerprint density at radius 2 is 1.67 bits per heavy atom. The van der Waals surface area contributed by atoms with Crippen LogP contribution in [0.4, 0.5) is 0 Å². The first kappa shape index (κ1) is 13.8. The fraction of sp³-hybridized carbons (Fsp3) is 0.929. The van der Waals surface area contributed by atoms with E-state index in [1.54, 1.807) is 0 Å². The molecule has 4 heteroatoms. The minimum atomic E-state index is 0.170. The normalized spacial score (nSPS) is 37.2. The summed E-state index contributed by atoms with van der Waals surface area (Å²) in [6.07, 6.45) is 7.96. The van der Waals surface area contributed by atoms with Gasteiger partial charge in [-0.15, -0.1) is 0 Å². The molecule has 0 spiro atoms. The molecule has 0 aromatic rings. The van der Waals surface area contributed by atoms with Crippen LogP contribution in [0.5, 0.6) is 0 Å². The second-order valence-corrected chi connectivity index (χ2v) is 6.02. The molecule has 2 aliphatic rings. The molecule has 0 aromatic carbocycles. The molecule has 2 aliphatic carbocycles. The van der Waals surface area contributed by atoms with Crippen molar-refractivity contribution in [2.24, 2.45) is 17.6 Å². The molecule has 4 N–H and O–H groups in total. The average Bonchev–Trinajstić information content (AvgIpc) is 2.41. The van der Waals surface area contributed by atoms with Gasteiger partial charge in [-0.05, 0) is 57.3 Å². The third-order valence-electron chi connectivity index (χ3n) is 4.59. The Hall–Kier alpha value is -0.610. The second-order valence-electron chi connectivity index (χ2n) is 6.02. The van der Waals surface area contributed by atoms with Crippen LogP contribution in [-0.4, -0.2) is 29.7 Å². The first-order valence-electron chi connectivity index (χ1n) is 7.36. The number of aliphatic hydroxyl groups excluding tert-OH is 1. The molecule has 18 heavy (non-hydrogen) atoms. The molecule has 0 heterocycles. The molecule has 0 unspecified atom stereocenters. The van der Waals surface area contributed by atoms with E-state index in [0.717, 1.165) is 51.4 Å². The van der Waals surface area contributed by atoms with Crippen molar-refractivity contribution in [1.29, 1.82) is 0 Å². The summed E-state index contributed by atoms with van der Waals surface area (Å²) in [5.41, 5.74) is 5.86. The van der Waals surface area contributed by atoms with Gasteiger partial charge in [0.15, 0.2) is 0 Å².